The van der Waals surface area contributed by atoms with E-state index in [9.17, 15) is 4.79 Å². The third-order valence-corrected chi connectivity index (χ3v) is 1.35. The highest BCUT2D eigenvalue weighted by Gasteiger charge is 2.24. The summed E-state index contributed by atoms with van der Waals surface area (Å²) in [6, 6.07) is -0.932. The van der Waals surface area contributed by atoms with Crippen molar-refractivity contribution in [2.75, 3.05) is 6.61 Å². The second kappa shape index (κ2) is 2.81. The topological polar surface area (TPSA) is 72.6 Å². The minimum Gasteiger partial charge on any atom is -0.480 e. The third-order valence-electron chi connectivity index (χ3n) is 1.35. The van der Waals surface area contributed by atoms with Crippen molar-refractivity contribution in [2.24, 2.45) is 5.73 Å². The van der Waals surface area contributed by atoms with Crippen molar-refractivity contribution >= 4 is 5.97 Å². The number of carboxylic acids is 1. The van der Waals surface area contributed by atoms with E-state index >= 15 is 0 Å². The predicted octanol–water partition coefficient (Wildman–Crippen LogP) is -0.647. The quantitative estimate of drug-likeness (QED) is 0.504. The highest BCUT2D eigenvalue weighted by atomic mass is 16.5. The molecule has 0 amide bonds. The molecule has 0 aromatic carbocycles. The summed E-state index contributed by atoms with van der Waals surface area (Å²) < 4.78 is 4.96. The normalized spacial score (nSPS) is 26.7. The van der Waals surface area contributed by atoms with Crippen molar-refractivity contribution in [3.05, 3.63) is 12.2 Å². The molecule has 56 valence electrons. The third kappa shape index (κ3) is 1.34. The first-order chi connectivity index (χ1) is 4.72. The van der Waals surface area contributed by atoms with Gasteiger partial charge in [-0.1, -0.05) is 12.2 Å². The van der Waals surface area contributed by atoms with Gasteiger partial charge in [-0.05, 0) is 0 Å². The average Bonchev–Trinajstić information content (AvgIpc) is 2.36. The molecule has 3 N–H and O–H groups in total. The van der Waals surface area contributed by atoms with Crippen LogP contribution in [0.5, 0.6) is 0 Å². The van der Waals surface area contributed by atoms with Crippen LogP contribution in [0.4, 0.5) is 0 Å². The van der Waals surface area contributed by atoms with Crippen LogP contribution >= 0.6 is 0 Å². The van der Waals surface area contributed by atoms with E-state index in [0.29, 0.717) is 6.61 Å². The maximum absolute atomic E-state index is 10.2. The second-order valence-corrected chi connectivity index (χ2v) is 2.09. The molecule has 0 saturated heterocycles. The molecule has 2 atom stereocenters. The van der Waals surface area contributed by atoms with Crippen LogP contribution in [0.25, 0.3) is 0 Å². The first-order valence-electron chi connectivity index (χ1n) is 2.98. The van der Waals surface area contributed by atoms with Crippen LogP contribution in [0.3, 0.4) is 0 Å². The molecule has 0 spiro atoms. The minimum atomic E-state index is -1.03. The number of carboxylic acid groups (broad SMARTS) is 1. The van der Waals surface area contributed by atoms with Crippen LogP contribution in [0.2, 0.25) is 0 Å². The Kier molecular flexibility index (Phi) is 2.03. The molecular weight excluding hydrogens is 134 g/mol. The number of carbonyl (C=O) groups is 1. The number of nitrogens with two attached hydrogens (primary N) is 1. The van der Waals surface area contributed by atoms with Crippen molar-refractivity contribution in [1.82, 2.24) is 0 Å². The molecule has 0 radical (unpaired) electrons. The Balaban J connectivity index is 2.48. The van der Waals surface area contributed by atoms with E-state index in [4.69, 9.17) is 15.6 Å². The number of aliphatic carboxylic acids is 1. The van der Waals surface area contributed by atoms with Gasteiger partial charge in [0.1, 0.15) is 12.1 Å². The Morgan fingerprint density at radius 2 is 2.60 bits per heavy atom. The fraction of sp³-hybridized carbons (Fsp3) is 0.500. The van der Waals surface area contributed by atoms with Gasteiger partial charge in [0.2, 0.25) is 0 Å². The highest BCUT2D eigenvalue weighted by molar-refractivity contribution is 5.74. The van der Waals surface area contributed by atoms with Crippen LogP contribution in [0.15, 0.2) is 12.2 Å². The summed E-state index contributed by atoms with van der Waals surface area (Å²) in [6.07, 6.45) is 2.98. The van der Waals surface area contributed by atoms with Crippen LogP contribution in [-0.4, -0.2) is 29.8 Å². The lowest BCUT2D eigenvalue weighted by atomic mass is 10.2. The van der Waals surface area contributed by atoms with Gasteiger partial charge in [-0.25, -0.2) is 0 Å². The van der Waals surface area contributed by atoms with Gasteiger partial charge >= 0.3 is 5.97 Å². The van der Waals surface area contributed by atoms with E-state index in [2.05, 4.69) is 0 Å². The van der Waals surface area contributed by atoms with Gasteiger partial charge in [0.05, 0.1) is 6.61 Å². The van der Waals surface area contributed by atoms with Gasteiger partial charge in [0.15, 0.2) is 0 Å². The summed E-state index contributed by atoms with van der Waals surface area (Å²) in [4.78, 5) is 10.2. The lowest BCUT2D eigenvalue weighted by Gasteiger charge is -2.11. The lowest BCUT2D eigenvalue weighted by molar-refractivity contribution is -0.140. The van der Waals surface area contributed by atoms with Crippen molar-refractivity contribution in [1.29, 1.82) is 0 Å². The van der Waals surface area contributed by atoms with Gasteiger partial charge < -0.3 is 15.6 Å². The van der Waals surface area contributed by atoms with Gasteiger partial charge in [0.25, 0.3) is 0 Å². The molecule has 0 fully saturated rings. The molecule has 0 aromatic heterocycles. The van der Waals surface area contributed by atoms with E-state index in [1.165, 1.54) is 0 Å². The van der Waals surface area contributed by atoms with Crippen LogP contribution < -0.4 is 5.73 Å². The van der Waals surface area contributed by atoms with Crippen molar-refractivity contribution in [3.8, 4) is 0 Å². The zero-order valence-electron chi connectivity index (χ0n) is 5.36. The monoisotopic (exact) mass is 143 g/mol. The van der Waals surface area contributed by atoms with Crippen molar-refractivity contribution < 1.29 is 14.6 Å². The maximum atomic E-state index is 10.2. The lowest BCUT2D eigenvalue weighted by Crippen LogP contribution is -2.40. The Morgan fingerprint density at radius 1 is 1.90 bits per heavy atom. The summed E-state index contributed by atoms with van der Waals surface area (Å²) in [5.41, 5.74) is 5.25. The zero-order valence-corrected chi connectivity index (χ0v) is 5.36. The summed E-state index contributed by atoms with van der Waals surface area (Å²) in [7, 11) is 0. The Hall–Kier alpha value is -0.870. The summed E-state index contributed by atoms with van der Waals surface area (Å²) in [6.45, 7) is 0.464. The van der Waals surface area contributed by atoms with E-state index in [0.717, 1.165) is 0 Å². The second-order valence-electron chi connectivity index (χ2n) is 2.09. The molecule has 0 bridgehead atoms. The SMILES string of the molecule is N[C@@H](C(=O)O)[C@@H]1C=CCO1. The van der Waals surface area contributed by atoms with Gasteiger partial charge in [-0.15, -0.1) is 0 Å². The highest BCUT2D eigenvalue weighted by Crippen LogP contribution is 2.06. The molecule has 0 aliphatic carbocycles. The summed E-state index contributed by atoms with van der Waals surface area (Å²) in [5, 5.41) is 8.40. The fourth-order valence-electron chi connectivity index (χ4n) is 0.776. The van der Waals surface area contributed by atoms with Crippen LogP contribution in [0, 0.1) is 0 Å². The molecule has 1 aliphatic heterocycles. The summed E-state index contributed by atoms with van der Waals surface area (Å²) >= 11 is 0. The Labute approximate surface area is 58.3 Å². The van der Waals surface area contributed by atoms with Gasteiger partial charge in [-0.3, -0.25) is 4.79 Å². The van der Waals surface area contributed by atoms with Crippen molar-refractivity contribution in [3.63, 3.8) is 0 Å². The number of rotatable bonds is 2. The fourth-order valence-corrected chi connectivity index (χ4v) is 0.776. The largest absolute Gasteiger partial charge is 0.480 e. The molecule has 1 heterocycles. The summed E-state index contributed by atoms with van der Waals surface area (Å²) in [5.74, 6) is -1.03. The van der Waals surface area contributed by atoms with E-state index in [-0.39, 0.29) is 0 Å². The first-order valence-corrected chi connectivity index (χ1v) is 2.98. The Morgan fingerprint density at radius 3 is 3.00 bits per heavy atom. The molecule has 1 rings (SSSR count). The van der Waals surface area contributed by atoms with E-state index in [1.807, 2.05) is 0 Å². The predicted molar refractivity (Wildman–Crippen MR) is 34.5 cm³/mol. The number of hydrogen-bond acceptors (Lipinski definition) is 3. The van der Waals surface area contributed by atoms with E-state index < -0.39 is 18.1 Å². The molecule has 10 heavy (non-hydrogen) atoms. The first kappa shape index (κ1) is 7.24. The zero-order chi connectivity index (χ0) is 7.56. The molecule has 0 saturated carbocycles. The standard InChI is InChI=1S/C6H9NO3/c7-5(6(8)9)4-2-1-3-10-4/h1-2,4-5H,3,7H2,(H,8,9)/t4-,5+/m0/s1. The number of hydrogen-bond donors (Lipinski definition) is 2. The maximum Gasteiger partial charge on any atom is 0.323 e. The molecule has 4 heteroatoms. The van der Waals surface area contributed by atoms with Crippen LogP contribution in [0.1, 0.15) is 0 Å². The van der Waals surface area contributed by atoms with Crippen molar-refractivity contribution in [2.45, 2.75) is 12.1 Å². The van der Waals surface area contributed by atoms with Gasteiger partial charge in [0, 0.05) is 0 Å². The van der Waals surface area contributed by atoms with E-state index in [1.54, 1.807) is 12.2 Å². The van der Waals surface area contributed by atoms with Crippen LogP contribution in [-0.2, 0) is 9.53 Å². The molecule has 4 nitrogen and oxygen atoms in total. The number of ether oxygens (including phenoxy) is 1. The molecular formula is C6H9NO3. The molecule has 1 aliphatic rings. The smallest absolute Gasteiger partial charge is 0.323 e. The minimum absolute atomic E-state index is 0.447. The Bertz CT molecular complexity index is 166. The molecule has 0 unspecified atom stereocenters. The molecule has 0 aromatic rings. The average molecular weight is 143 g/mol. The van der Waals surface area contributed by atoms with Gasteiger partial charge in [-0.2, -0.15) is 0 Å².